The highest BCUT2D eigenvalue weighted by Crippen LogP contribution is 2.30. The van der Waals surface area contributed by atoms with Crippen LogP contribution in [0.25, 0.3) is 0 Å². The Morgan fingerprint density at radius 2 is 2.21 bits per heavy atom. The number of nitrogens with zero attached hydrogens (tertiary/aromatic N) is 1. The lowest BCUT2D eigenvalue weighted by molar-refractivity contribution is -0.150. The number of amides is 1. The number of furan rings is 1. The maximum atomic E-state index is 12.3. The normalized spacial score (nSPS) is 23.4. The molecule has 1 fully saturated rings. The number of carbonyl (C=O) groups is 2. The monoisotopic (exact) mass is 265 g/mol. The maximum absolute atomic E-state index is 12.3. The average Bonchev–Trinajstić information content (AvgIpc) is 2.86. The molecule has 1 atom stereocenters. The summed E-state index contributed by atoms with van der Waals surface area (Å²) in [7, 11) is 0. The van der Waals surface area contributed by atoms with Gasteiger partial charge in [0.1, 0.15) is 5.76 Å². The fraction of sp³-hybridized carbons (Fsp3) is 0.571. The Morgan fingerprint density at radius 3 is 2.79 bits per heavy atom. The first kappa shape index (κ1) is 13.6. The molecule has 1 aliphatic rings. The van der Waals surface area contributed by atoms with Crippen molar-refractivity contribution < 1.29 is 19.1 Å². The molecule has 5 heteroatoms. The molecule has 19 heavy (non-hydrogen) atoms. The summed E-state index contributed by atoms with van der Waals surface area (Å²) in [6, 6.07) is 3.45. The van der Waals surface area contributed by atoms with Gasteiger partial charge in [-0.1, -0.05) is 6.92 Å². The topological polar surface area (TPSA) is 70.8 Å². The van der Waals surface area contributed by atoms with E-state index in [0.717, 1.165) is 12.2 Å². The Morgan fingerprint density at radius 1 is 1.47 bits per heavy atom. The average molecular weight is 265 g/mol. The molecule has 2 rings (SSSR count). The smallest absolute Gasteiger partial charge is 0.311 e. The van der Waals surface area contributed by atoms with Crippen molar-refractivity contribution in [2.75, 3.05) is 13.1 Å². The molecule has 1 saturated heterocycles. The van der Waals surface area contributed by atoms with E-state index in [1.54, 1.807) is 24.0 Å². The minimum atomic E-state index is -0.853. The summed E-state index contributed by atoms with van der Waals surface area (Å²) in [4.78, 5) is 25.1. The van der Waals surface area contributed by atoms with E-state index < -0.39 is 11.4 Å². The van der Waals surface area contributed by atoms with Gasteiger partial charge in [0, 0.05) is 19.5 Å². The van der Waals surface area contributed by atoms with Gasteiger partial charge in [-0.2, -0.15) is 0 Å². The van der Waals surface area contributed by atoms with Crippen molar-refractivity contribution in [3.63, 3.8) is 0 Å². The van der Waals surface area contributed by atoms with E-state index in [-0.39, 0.29) is 12.5 Å². The van der Waals surface area contributed by atoms with Crippen LogP contribution >= 0.6 is 0 Å². The molecular formula is C14H19NO4. The Bertz CT molecular complexity index is 493. The summed E-state index contributed by atoms with van der Waals surface area (Å²) in [5.74, 6) is -0.00147. The molecule has 5 nitrogen and oxygen atoms in total. The second-order valence-electron chi connectivity index (χ2n) is 5.32. The number of hydrogen-bond acceptors (Lipinski definition) is 3. The van der Waals surface area contributed by atoms with Crippen LogP contribution in [0.2, 0.25) is 0 Å². The van der Waals surface area contributed by atoms with Crippen LogP contribution in [-0.4, -0.2) is 35.0 Å². The molecule has 1 aromatic rings. The molecule has 104 valence electrons. The van der Waals surface area contributed by atoms with Crippen LogP contribution in [0.5, 0.6) is 0 Å². The number of carbonyl (C=O) groups excluding carboxylic acids is 1. The lowest BCUT2D eigenvalue weighted by atomic mass is 9.82. The fourth-order valence-corrected chi connectivity index (χ4v) is 2.43. The van der Waals surface area contributed by atoms with Gasteiger partial charge < -0.3 is 14.4 Å². The van der Waals surface area contributed by atoms with Crippen LogP contribution < -0.4 is 0 Å². The van der Waals surface area contributed by atoms with E-state index in [1.807, 2.05) is 6.92 Å². The summed E-state index contributed by atoms with van der Waals surface area (Å²) < 4.78 is 5.44. The van der Waals surface area contributed by atoms with Gasteiger partial charge in [0.25, 0.3) is 5.91 Å². The molecule has 0 aliphatic carbocycles. The zero-order valence-electron chi connectivity index (χ0n) is 11.3. The zero-order chi connectivity index (χ0) is 14.0. The molecule has 0 radical (unpaired) electrons. The highest BCUT2D eigenvalue weighted by Gasteiger charge is 2.40. The van der Waals surface area contributed by atoms with Crippen molar-refractivity contribution in [2.45, 2.75) is 33.1 Å². The van der Waals surface area contributed by atoms with E-state index in [2.05, 4.69) is 0 Å². The molecule has 1 amide bonds. The quantitative estimate of drug-likeness (QED) is 0.909. The third-order valence-electron chi connectivity index (χ3n) is 3.72. The number of aliphatic carboxylic acids is 1. The van der Waals surface area contributed by atoms with E-state index in [0.29, 0.717) is 25.1 Å². The van der Waals surface area contributed by atoms with Crippen LogP contribution in [0.15, 0.2) is 16.5 Å². The molecule has 0 saturated carbocycles. The summed E-state index contributed by atoms with van der Waals surface area (Å²) in [5.41, 5.74) is -0.853. The molecule has 1 N–H and O–H groups in total. The van der Waals surface area contributed by atoms with E-state index in [9.17, 15) is 14.7 Å². The number of likely N-dealkylation sites (tertiary alicyclic amines) is 1. The second kappa shape index (κ2) is 5.07. The van der Waals surface area contributed by atoms with E-state index in [1.165, 1.54) is 0 Å². The minimum Gasteiger partial charge on any atom is -0.481 e. The first-order chi connectivity index (χ1) is 8.96. The third-order valence-corrected chi connectivity index (χ3v) is 3.72. The summed E-state index contributed by atoms with van der Waals surface area (Å²) in [6.45, 7) is 4.47. The summed E-state index contributed by atoms with van der Waals surface area (Å²) in [5, 5.41) is 9.25. The molecule has 0 bridgehead atoms. The first-order valence-corrected chi connectivity index (χ1v) is 6.57. The molecule has 1 unspecified atom stereocenters. The van der Waals surface area contributed by atoms with Gasteiger partial charge in [0.15, 0.2) is 5.76 Å². The first-order valence-electron chi connectivity index (χ1n) is 6.57. The number of piperidine rings is 1. The Kier molecular flexibility index (Phi) is 3.64. The predicted molar refractivity (Wildman–Crippen MR) is 69.0 cm³/mol. The van der Waals surface area contributed by atoms with Crippen LogP contribution in [0, 0.1) is 5.41 Å². The number of aryl methyl sites for hydroxylation is 1. The lowest BCUT2D eigenvalue weighted by Crippen LogP contribution is -2.48. The van der Waals surface area contributed by atoms with Crippen molar-refractivity contribution in [3.8, 4) is 0 Å². The predicted octanol–water partition coefficient (Wildman–Crippen LogP) is 2.17. The van der Waals surface area contributed by atoms with E-state index >= 15 is 0 Å². The SMILES string of the molecule is CCc1ccc(C(=O)N2CCCC(C)(C(=O)O)C2)o1. The van der Waals surface area contributed by atoms with Crippen molar-refractivity contribution >= 4 is 11.9 Å². The van der Waals surface area contributed by atoms with Gasteiger partial charge in [0.05, 0.1) is 5.41 Å². The Labute approximate surface area is 112 Å². The minimum absolute atomic E-state index is 0.216. The highest BCUT2D eigenvalue weighted by atomic mass is 16.4. The lowest BCUT2D eigenvalue weighted by Gasteiger charge is -2.37. The van der Waals surface area contributed by atoms with Gasteiger partial charge in [-0.25, -0.2) is 0 Å². The third kappa shape index (κ3) is 2.64. The number of carboxylic acid groups (broad SMARTS) is 1. The molecule has 2 heterocycles. The Hall–Kier alpha value is -1.78. The molecule has 0 aromatic carbocycles. The zero-order valence-corrected chi connectivity index (χ0v) is 11.3. The van der Waals surface area contributed by atoms with Gasteiger partial charge >= 0.3 is 5.97 Å². The highest BCUT2D eigenvalue weighted by molar-refractivity contribution is 5.92. The molecule has 1 aromatic heterocycles. The number of carboxylic acids is 1. The van der Waals surface area contributed by atoms with Crippen molar-refractivity contribution in [3.05, 3.63) is 23.7 Å². The van der Waals surface area contributed by atoms with Gasteiger partial charge in [-0.15, -0.1) is 0 Å². The second-order valence-corrected chi connectivity index (χ2v) is 5.32. The van der Waals surface area contributed by atoms with Crippen LogP contribution in [0.3, 0.4) is 0 Å². The maximum Gasteiger partial charge on any atom is 0.311 e. The number of rotatable bonds is 3. The fourth-order valence-electron chi connectivity index (χ4n) is 2.43. The van der Waals surface area contributed by atoms with Crippen molar-refractivity contribution in [2.24, 2.45) is 5.41 Å². The van der Waals surface area contributed by atoms with Crippen LogP contribution in [0.4, 0.5) is 0 Å². The van der Waals surface area contributed by atoms with Gasteiger partial charge in [0.2, 0.25) is 0 Å². The standard InChI is InChI=1S/C14H19NO4/c1-3-10-5-6-11(19-10)12(16)15-8-4-7-14(2,9-15)13(17)18/h5-6H,3-4,7-9H2,1-2H3,(H,17,18). The largest absolute Gasteiger partial charge is 0.481 e. The van der Waals surface area contributed by atoms with Gasteiger partial charge in [-0.05, 0) is 31.9 Å². The summed E-state index contributed by atoms with van der Waals surface area (Å²) in [6.07, 6.45) is 2.04. The Balaban J connectivity index is 2.13. The number of hydrogen-bond donors (Lipinski definition) is 1. The van der Waals surface area contributed by atoms with E-state index in [4.69, 9.17) is 4.42 Å². The van der Waals surface area contributed by atoms with Gasteiger partial charge in [-0.3, -0.25) is 9.59 Å². The van der Waals surface area contributed by atoms with Crippen LogP contribution in [-0.2, 0) is 11.2 Å². The summed E-state index contributed by atoms with van der Waals surface area (Å²) >= 11 is 0. The molecule has 0 spiro atoms. The van der Waals surface area contributed by atoms with Crippen molar-refractivity contribution in [1.29, 1.82) is 0 Å². The molecule has 1 aliphatic heterocycles. The van der Waals surface area contributed by atoms with Crippen molar-refractivity contribution in [1.82, 2.24) is 4.90 Å². The van der Waals surface area contributed by atoms with Crippen LogP contribution in [0.1, 0.15) is 43.0 Å². The molecular weight excluding hydrogens is 246 g/mol.